The quantitative estimate of drug-likeness (QED) is 0.617. The van der Waals surface area contributed by atoms with Gasteiger partial charge in [0.2, 0.25) is 0 Å². The second kappa shape index (κ2) is 8.17. The third-order valence-corrected chi connectivity index (χ3v) is 5.92. The van der Waals surface area contributed by atoms with Gasteiger partial charge in [0.15, 0.2) is 0 Å². The van der Waals surface area contributed by atoms with Crippen molar-refractivity contribution in [3.05, 3.63) is 64.8 Å². The first-order valence-corrected chi connectivity index (χ1v) is 10.6. The van der Waals surface area contributed by atoms with Crippen molar-refractivity contribution in [3.63, 3.8) is 0 Å². The van der Waals surface area contributed by atoms with Gasteiger partial charge in [0.25, 0.3) is 11.8 Å². The van der Waals surface area contributed by atoms with E-state index in [0.29, 0.717) is 35.9 Å². The highest BCUT2D eigenvalue weighted by atomic mass is 35.5. The summed E-state index contributed by atoms with van der Waals surface area (Å²) in [6.45, 7) is 3.59. The van der Waals surface area contributed by atoms with E-state index < -0.39 is 0 Å². The lowest BCUT2D eigenvalue weighted by Gasteiger charge is -2.29. The minimum Gasteiger partial charge on any atom is -0.383 e. The standard InChI is InChI=1S/C23H21ClN4O3/c24-15-1-3-18-20(5-6-25-21(18)13-15)26-7-8-28-22(29)17-4-2-16(14-19(17)23(28)30)27-9-11-31-12-10-27/h1-6,13-14H,7-12H2,(H,25,26). The number of ether oxygens (including phenoxy) is 1. The summed E-state index contributed by atoms with van der Waals surface area (Å²) in [6.07, 6.45) is 1.70. The zero-order valence-electron chi connectivity index (χ0n) is 16.8. The molecule has 0 radical (unpaired) electrons. The van der Waals surface area contributed by atoms with Crippen molar-refractivity contribution in [2.75, 3.05) is 49.6 Å². The number of nitrogens with zero attached hydrogens (tertiary/aromatic N) is 3. The summed E-state index contributed by atoms with van der Waals surface area (Å²) >= 11 is 6.05. The predicted octanol–water partition coefficient (Wildman–Crippen LogP) is 3.43. The number of anilines is 2. The zero-order chi connectivity index (χ0) is 21.4. The number of aromatic nitrogens is 1. The topological polar surface area (TPSA) is 74.8 Å². The average Bonchev–Trinajstić information content (AvgIpc) is 3.04. The normalized spacial score (nSPS) is 16.2. The Hall–Kier alpha value is -3.16. The fraction of sp³-hybridized carbons (Fsp3) is 0.261. The average molecular weight is 437 g/mol. The molecule has 2 aromatic carbocycles. The Morgan fingerprint density at radius 3 is 2.65 bits per heavy atom. The van der Waals surface area contributed by atoms with Crippen LogP contribution >= 0.6 is 11.6 Å². The molecular formula is C23H21ClN4O3. The van der Waals surface area contributed by atoms with Crippen LogP contribution in [-0.4, -0.2) is 61.1 Å². The molecule has 2 aliphatic heterocycles. The molecular weight excluding hydrogens is 416 g/mol. The molecule has 2 aliphatic rings. The molecule has 31 heavy (non-hydrogen) atoms. The van der Waals surface area contributed by atoms with Gasteiger partial charge in [-0.2, -0.15) is 0 Å². The number of nitrogens with one attached hydrogen (secondary N) is 1. The van der Waals surface area contributed by atoms with Gasteiger partial charge in [-0.25, -0.2) is 0 Å². The van der Waals surface area contributed by atoms with Gasteiger partial charge in [0.1, 0.15) is 0 Å². The van der Waals surface area contributed by atoms with Gasteiger partial charge in [0, 0.05) is 54.2 Å². The van der Waals surface area contributed by atoms with E-state index in [4.69, 9.17) is 16.3 Å². The van der Waals surface area contributed by atoms with Crippen molar-refractivity contribution >= 4 is 45.7 Å². The van der Waals surface area contributed by atoms with Crippen molar-refractivity contribution in [3.8, 4) is 0 Å². The van der Waals surface area contributed by atoms with Crippen LogP contribution in [-0.2, 0) is 4.74 Å². The molecule has 0 atom stereocenters. The number of pyridine rings is 1. The predicted molar refractivity (Wildman–Crippen MR) is 120 cm³/mol. The highest BCUT2D eigenvalue weighted by Gasteiger charge is 2.35. The van der Waals surface area contributed by atoms with Gasteiger partial charge < -0.3 is 15.0 Å². The van der Waals surface area contributed by atoms with Gasteiger partial charge in [-0.3, -0.25) is 19.5 Å². The fourth-order valence-electron chi connectivity index (χ4n) is 4.08. The highest BCUT2D eigenvalue weighted by Crippen LogP contribution is 2.28. The van der Waals surface area contributed by atoms with Crippen LogP contribution in [0.2, 0.25) is 5.02 Å². The summed E-state index contributed by atoms with van der Waals surface area (Å²) in [7, 11) is 0. The van der Waals surface area contributed by atoms with Crippen LogP contribution in [0, 0.1) is 0 Å². The summed E-state index contributed by atoms with van der Waals surface area (Å²) in [4.78, 5) is 33.6. The number of carbonyl (C=O) groups excluding carboxylic acids is 2. The Balaban J connectivity index is 1.29. The molecule has 3 aromatic rings. The van der Waals surface area contributed by atoms with Crippen LogP contribution in [0.5, 0.6) is 0 Å². The SMILES string of the molecule is O=C1c2ccc(N3CCOCC3)cc2C(=O)N1CCNc1ccnc2cc(Cl)ccc12. The smallest absolute Gasteiger partial charge is 0.261 e. The lowest BCUT2D eigenvalue weighted by molar-refractivity contribution is 0.0660. The number of imide groups is 1. The number of halogens is 1. The van der Waals surface area contributed by atoms with Crippen molar-refractivity contribution in [1.29, 1.82) is 0 Å². The molecule has 1 fully saturated rings. The molecule has 8 heteroatoms. The van der Waals surface area contributed by atoms with Crippen LogP contribution in [0.4, 0.5) is 11.4 Å². The van der Waals surface area contributed by atoms with E-state index in [2.05, 4.69) is 15.2 Å². The summed E-state index contributed by atoms with van der Waals surface area (Å²) in [5.41, 5.74) is 3.55. The maximum absolute atomic E-state index is 12.9. The Kier molecular flexibility index (Phi) is 5.21. The maximum atomic E-state index is 12.9. The minimum atomic E-state index is -0.248. The Bertz CT molecular complexity index is 1180. The van der Waals surface area contributed by atoms with Crippen LogP contribution in [0.15, 0.2) is 48.7 Å². The van der Waals surface area contributed by atoms with E-state index in [0.717, 1.165) is 35.4 Å². The summed E-state index contributed by atoms with van der Waals surface area (Å²) < 4.78 is 5.39. The van der Waals surface area contributed by atoms with Crippen molar-refractivity contribution in [1.82, 2.24) is 9.88 Å². The number of hydrogen-bond acceptors (Lipinski definition) is 6. The van der Waals surface area contributed by atoms with Crippen molar-refractivity contribution < 1.29 is 14.3 Å². The van der Waals surface area contributed by atoms with Gasteiger partial charge >= 0.3 is 0 Å². The Labute approximate surface area is 184 Å². The van der Waals surface area contributed by atoms with Crippen LogP contribution < -0.4 is 10.2 Å². The lowest BCUT2D eigenvalue weighted by Crippen LogP contribution is -2.36. The van der Waals surface area contributed by atoms with E-state index in [9.17, 15) is 9.59 Å². The molecule has 158 valence electrons. The van der Waals surface area contributed by atoms with Gasteiger partial charge in [-0.1, -0.05) is 11.6 Å². The van der Waals surface area contributed by atoms with Crippen LogP contribution in [0.3, 0.4) is 0 Å². The molecule has 3 heterocycles. The molecule has 0 spiro atoms. The third-order valence-electron chi connectivity index (χ3n) is 5.69. The Morgan fingerprint density at radius 1 is 1.00 bits per heavy atom. The van der Waals surface area contributed by atoms with E-state index in [-0.39, 0.29) is 18.4 Å². The second-order valence-electron chi connectivity index (χ2n) is 7.54. The van der Waals surface area contributed by atoms with Crippen LogP contribution in [0.25, 0.3) is 10.9 Å². The molecule has 0 unspecified atom stereocenters. The molecule has 1 N–H and O–H groups in total. The molecule has 2 amide bonds. The third kappa shape index (κ3) is 3.71. The lowest BCUT2D eigenvalue weighted by atomic mass is 10.1. The molecule has 0 aliphatic carbocycles. The van der Waals surface area contributed by atoms with E-state index in [1.54, 1.807) is 18.3 Å². The number of hydrogen-bond donors (Lipinski definition) is 1. The van der Waals surface area contributed by atoms with Crippen molar-refractivity contribution in [2.45, 2.75) is 0 Å². The van der Waals surface area contributed by atoms with E-state index >= 15 is 0 Å². The first-order valence-electron chi connectivity index (χ1n) is 10.2. The maximum Gasteiger partial charge on any atom is 0.261 e. The second-order valence-corrected chi connectivity index (χ2v) is 7.97. The van der Waals surface area contributed by atoms with Gasteiger partial charge in [0.05, 0.1) is 29.9 Å². The number of rotatable bonds is 5. The summed E-state index contributed by atoms with van der Waals surface area (Å²) in [5, 5.41) is 4.87. The largest absolute Gasteiger partial charge is 0.383 e. The number of carbonyl (C=O) groups is 2. The highest BCUT2D eigenvalue weighted by molar-refractivity contribution is 6.31. The number of benzene rings is 2. The molecule has 7 nitrogen and oxygen atoms in total. The van der Waals surface area contributed by atoms with Gasteiger partial charge in [-0.05, 0) is 42.5 Å². The number of amides is 2. The molecule has 1 aromatic heterocycles. The summed E-state index contributed by atoms with van der Waals surface area (Å²) in [6, 6.07) is 12.9. The minimum absolute atomic E-state index is 0.247. The molecule has 0 bridgehead atoms. The van der Waals surface area contributed by atoms with Gasteiger partial charge in [-0.15, -0.1) is 0 Å². The first kappa shape index (κ1) is 19.8. The molecule has 0 saturated carbocycles. The molecule has 1 saturated heterocycles. The monoisotopic (exact) mass is 436 g/mol. The fourth-order valence-corrected chi connectivity index (χ4v) is 4.24. The number of fused-ring (bicyclic) bond motifs is 2. The molecule has 5 rings (SSSR count). The van der Waals surface area contributed by atoms with E-state index in [1.165, 1.54) is 4.90 Å². The summed E-state index contributed by atoms with van der Waals surface area (Å²) in [5.74, 6) is -0.495. The zero-order valence-corrected chi connectivity index (χ0v) is 17.6. The van der Waals surface area contributed by atoms with E-state index in [1.807, 2.05) is 30.3 Å². The first-order chi connectivity index (χ1) is 15.1. The van der Waals surface area contributed by atoms with Crippen LogP contribution in [0.1, 0.15) is 20.7 Å². The Morgan fingerprint density at radius 2 is 1.81 bits per heavy atom. The number of morpholine rings is 1. The van der Waals surface area contributed by atoms with Crippen molar-refractivity contribution in [2.24, 2.45) is 0 Å².